The zero-order valence-electron chi connectivity index (χ0n) is 12.4. The summed E-state index contributed by atoms with van der Waals surface area (Å²) >= 11 is 2.42. The fraction of sp³-hybridized carbons (Fsp3) is 0.647. The van der Waals surface area contributed by atoms with Gasteiger partial charge in [-0.25, -0.2) is 0 Å². The molecule has 2 heteroatoms. The zero-order chi connectivity index (χ0) is 14.1. The molecule has 1 unspecified atom stereocenters. The van der Waals surface area contributed by atoms with Crippen molar-refractivity contribution < 1.29 is 0 Å². The van der Waals surface area contributed by atoms with Crippen molar-refractivity contribution in [2.45, 2.75) is 71.3 Å². The fourth-order valence-electron chi connectivity index (χ4n) is 2.43. The van der Waals surface area contributed by atoms with Crippen LogP contribution in [0.1, 0.15) is 75.5 Å². The summed E-state index contributed by atoms with van der Waals surface area (Å²) in [5.74, 6) is 0. The standard InChI is InChI=1S/C17H28IN/c1-3-4-5-6-7-8-9-13-16(19)15-12-10-11-14(2)17(15)18/h10-12,16H,3-9,13,19H2,1-2H3. The Bertz CT molecular complexity index is 362. The summed E-state index contributed by atoms with van der Waals surface area (Å²) in [4.78, 5) is 0. The van der Waals surface area contributed by atoms with Crippen molar-refractivity contribution in [3.05, 3.63) is 32.9 Å². The van der Waals surface area contributed by atoms with Crippen molar-refractivity contribution in [2.24, 2.45) is 5.73 Å². The second-order valence-corrected chi connectivity index (χ2v) is 6.57. The molecule has 0 bridgehead atoms. The van der Waals surface area contributed by atoms with E-state index >= 15 is 0 Å². The van der Waals surface area contributed by atoms with Gasteiger partial charge in [0.1, 0.15) is 0 Å². The van der Waals surface area contributed by atoms with Crippen LogP contribution in [0.4, 0.5) is 0 Å². The number of hydrogen-bond acceptors (Lipinski definition) is 1. The highest BCUT2D eigenvalue weighted by Crippen LogP contribution is 2.25. The Morgan fingerprint density at radius 1 is 1.05 bits per heavy atom. The van der Waals surface area contributed by atoms with Gasteiger partial charge in [-0.15, -0.1) is 0 Å². The molecular formula is C17H28IN. The van der Waals surface area contributed by atoms with Crippen LogP contribution in [0.2, 0.25) is 0 Å². The van der Waals surface area contributed by atoms with Crippen molar-refractivity contribution >= 4 is 22.6 Å². The maximum Gasteiger partial charge on any atom is 0.0305 e. The fourth-order valence-corrected chi connectivity index (χ4v) is 3.19. The first-order valence-corrected chi connectivity index (χ1v) is 8.75. The molecule has 1 nitrogen and oxygen atoms in total. The van der Waals surface area contributed by atoms with Crippen LogP contribution in [-0.2, 0) is 0 Å². The molecule has 2 N–H and O–H groups in total. The second kappa shape index (κ2) is 9.76. The Morgan fingerprint density at radius 2 is 1.68 bits per heavy atom. The van der Waals surface area contributed by atoms with Crippen molar-refractivity contribution in [3.63, 3.8) is 0 Å². The lowest BCUT2D eigenvalue weighted by Gasteiger charge is -2.15. The summed E-state index contributed by atoms with van der Waals surface area (Å²) in [6, 6.07) is 6.67. The van der Waals surface area contributed by atoms with Gasteiger partial charge in [0.05, 0.1) is 0 Å². The van der Waals surface area contributed by atoms with E-state index < -0.39 is 0 Å². The third-order valence-electron chi connectivity index (χ3n) is 3.74. The lowest BCUT2D eigenvalue weighted by molar-refractivity contribution is 0.540. The smallest absolute Gasteiger partial charge is 0.0305 e. The van der Waals surface area contributed by atoms with Crippen LogP contribution in [0.5, 0.6) is 0 Å². The first-order valence-electron chi connectivity index (χ1n) is 7.67. The van der Waals surface area contributed by atoms with Gasteiger partial charge in [-0.2, -0.15) is 0 Å². The van der Waals surface area contributed by atoms with Gasteiger partial charge >= 0.3 is 0 Å². The Kier molecular flexibility index (Phi) is 8.71. The van der Waals surface area contributed by atoms with E-state index in [9.17, 15) is 0 Å². The summed E-state index contributed by atoms with van der Waals surface area (Å²) < 4.78 is 1.34. The Hall–Kier alpha value is -0.0900. The van der Waals surface area contributed by atoms with Gasteiger partial charge in [0.15, 0.2) is 0 Å². The SMILES string of the molecule is CCCCCCCCCC(N)c1cccc(C)c1I. The minimum atomic E-state index is 0.211. The Labute approximate surface area is 132 Å². The molecule has 0 aliphatic heterocycles. The lowest BCUT2D eigenvalue weighted by Crippen LogP contribution is -2.12. The average molecular weight is 373 g/mol. The van der Waals surface area contributed by atoms with Gasteiger partial charge in [0.2, 0.25) is 0 Å². The van der Waals surface area contributed by atoms with E-state index in [1.165, 1.54) is 59.6 Å². The molecule has 0 radical (unpaired) electrons. The molecule has 0 heterocycles. The lowest BCUT2D eigenvalue weighted by atomic mass is 9.99. The van der Waals surface area contributed by atoms with E-state index in [1.54, 1.807) is 0 Å². The second-order valence-electron chi connectivity index (χ2n) is 5.49. The first-order chi connectivity index (χ1) is 9.16. The largest absolute Gasteiger partial charge is 0.324 e. The number of aryl methyl sites for hydroxylation is 1. The Morgan fingerprint density at radius 3 is 2.37 bits per heavy atom. The number of halogens is 1. The number of benzene rings is 1. The highest BCUT2D eigenvalue weighted by atomic mass is 127. The normalized spacial score (nSPS) is 12.6. The quantitative estimate of drug-likeness (QED) is 0.434. The van der Waals surface area contributed by atoms with Gasteiger partial charge in [-0.05, 0) is 47.1 Å². The summed E-state index contributed by atoms with van der Waals surface area (Å²) in [6.45, 7) is 4.42. The van der Waals surface area contributed by atoms with Gasteiger partial charge in [0, 0.05) is 9.61 Å². The van der Waals surface area contributed by atoms with Gasteiger partial charge < -0.3 is 5.73 Å². The summed E-state index contributed by atoms with van der Waals surface area (Å²) in [5, 5.41) is 0. The molecule has 1 atom stereocenters. The van der Waals surface area contributed by atoms with Crippen LogP contribution in [0.3, 0.4) is 0 Å². The van der Waals surface area contributed by atoms with Gasteiger partial charge in [-0.3, -0.25) is 0 Å². The molecule has 1 aromatic rings. The maximum atomic E-state index is 6.32. The molecule has 0 saturated carbocycles. The monoisotopic (exact) mass is 373 g/mol. The van der Waals surface area contributed by atoms with E-state index in [0.29, 0.717) is 0 Å². The minimum absolute atomic E-state index is 0.211. The van der Waals surface area contributed by atoms with Crippen LogP contribution in [0, 0.1) is 10.5 Å². The van der Waals surface area contributed by atoms with Crippen LogP contribution >= 0.6 is 22.6 Å². The van der Waals surface area contributed by atoms with E-state index in [2.05, 4.69) is 54.6 Å². The van der Waals surface area contributed by atoms with Crippen LogP contribution in [-0.4, -0.2) is 0 Å². The molecule has 0 aliphatic carbocycles. The van der Waals surface area contributed by atoms with Crippen LogP contribution in [0.25, 0.3) is 0 Å². The van der Waals surface area contributed by atoms with E-state index in [-0.39, 0.29) is 6.04 Å². The summed E-state index contributed by atoms with van der Waals surface area (Å²) in [7, 11) is 0. The Balaban J connectivity index is 2.24. The maximum absolute atomic E-state index is 6.32. The number of rotatable bonds is 9. The third kappa shape index (κ3) is 6.26. The van der Waals surface area contributed by atoms with Crippen LogP contribution in [0.15, 0.2) is 18.2 Å². The highest BCUT2D eigenvalue weighted by Gasteiger charge is 2.10. The van der Waals surface area contributed by atoms with E-state index in [1.807, 2.05) is 0 Å². The summed E-state index contributed by atoms with van der Waals surface area (Å²) in [6.07, 6.45) is 10.6. The van der Waals surface area contributed by atoms with Crippen molar-refractivity contribution in [3.8, 4) is 0 Å². The summed E-state index contributed by atoms with van der Waals surface area (Å²) in [5.41, 5.74) is 8.99. The average Bonchev–Trinajstić information content (AvgIpc) is 2.40. The predicted octanol–water partition coefficient (Wildman–Crippen LogP) is 5.74. The van der Waals surface area contributed by atoms with Crippen molar-refractivity contribution in [1.82, 2.24) is 0 Å². The van der Waals surface area contributed by atoms with Crippen molar-refractivity contribution in [1.29, 1.82) is 0 Å². The molecule has 0 amide bonds. The van der Waals surface area contributed by atoms with E-state index in [0.717, 1.165) is 6.42 Å². The molecule has 1 aromatic carbocycles. The number of nitrogens with two attached hydrogens (primary N) is 1. The predicted molar refractivity (Wildman–Crippen MR) is 93.4 cm³/mol. The molecule has 19 heavy (non-hydrogen) atoms. The molecule has 0 aliphatic rings. The molecule has 108 valence electrons. The van der Waals surface area contributed by atoms with Crippen molar-refractivity contribution in [2.75, 3.05) is 0 Å². The van der Waals surface area contributed by atoms with Gasteiger partial charge in [-0.1, -0.05) is 70.1 Å². The first kappa shape index (κ1) is 17.0. The highest BCUT2D eigenvalue weighted by molar-refractivity contribution is 14.1. The van der Waals surface area contributed by atoms with Crippen LogP contribution < -0.4 is 5.73 Å². The number of unbranched alkanes of at least 4 members (excludes halogenated alkanes) is 6. The molecular weight excluding hydrogens is 345 g/mol. The topological polar surface area (TPSA) is 26.0 Å². The zero-order valence-corrected chi connectivity index (χ0v) is 14.6. The number of hydrogen-bond donors (Lipinski definition) is 1. The molecule has 0 spiro atoms. The molecule has 0 saturated heterocycles. The molecule has 0 fully saturated rings. The molecule has 0 aromatic heterocycles. The van der Waals surface area contributed by atoms with E-state index in [4.69, 9.17) is 5.73 Å². The third-order valence-corrected chi connectivity index (χ3v) is 5.21. The molecule has 1 rings (SSSR count). The minimum Gasteiger partial charge on any atom is -0.324 e. The van der Waals surface area contributed by atoms with Gasteiger partial charge in [0.25, 0.3) is 0 Å².